The first kappa shape index (κ1) is 19.0. The van der Waals surface area contributed by atoms with Crippen molar-refractivity contribution in [3.05, 3.63) is 81.9 Å². The molecule has 1 aliphatic rings. The van der Waals surface area contributed by atoms with Crippen molar-refractivity contribution >= 4 is 29.9 Å². The monoisotopic (exact) mass is 378 g/mol. The summed E-state index contributed by atoms with van der Waals surface area (Å²) in [5.41, 5.74) is -0.124. The van der Waals surface area contributed by atoms with Crippen molar-refractivity contribution in [1.82, 2.24) is 10.3 Å². The van der Waals surface area contributed by atoms with Crippen LogP contribution in [0.5, 0.6) is 0 Å². The first-order chi connectivity index (χ1) is 13.5. The second-order valence-electron chi connectivity index (χ2n) is 6.11. The third-order valence-corrected chi connectivity index (χ3v) is 4.54. The molecular weight excluding hydrogens is 360 g/mol. The number of hydrogen-bond acceptors (Lipinski definition) is 5. The van der Waals surface area contributed by atoms with Crippen molar-refractivity contribution in [1.29, 1.82) is 0 Å². The number of nitro benzene ring substituents is 1. The number of carbonyl (C=O) groups is 2. The zero-order valence-electron chi connectivity index (χ0n) is 15.1. The molecule has 2 aromatic carbocycles. The van der Waals surface area contributed by atoms with Gasteiger partial charge in [0, 0.05) is 12.3 Å². The van der Waals surface area contributed by atoms with Crippen LogP contribution in [0.3, 0.4) is 0 Å². The first-order valence-corrected chi connectivity index (χ1v) is 8.66. The van der Waals surface area contributed by atoms with Gasteiger partial charge in [-0.1, -0.05) is 49.4 Å². The maximum absolute atomic E-state index is 12.9. The van der Waals surface area contributed by atoms with Crippen molar-refractivity contribution in [3.63, 3.8) is 0 Å². The fourth-order valence-corrected chi connectivity index (χ4v) is 3.08. The fraction of sp³-hybridized carbons (Fsp3) is 0.150. The topological polar surface area (TPSA) is 105 Å². The van der Waals surface area contributed by atoms with Crippen molar-refractivity contribution in [2.45, 2.75) is 18.9 Å². The molecule has 0 spiro atoms. The van der Waals surface area contributed by atoms with Crippen LogP contribution in [0.15, 0.2) is 65.8 Å². The van der Waals surface area contributed by atoms with Crippen LogP contribution < -0.4 is 5.32 Å². The number of amides is 3. The van der Waals surface area contributed by atoms with Crippen LogP contribution in [-0.4, -0.2) is 28.1 Å². The molecule has 3 amide bonds. The van der Waals surface area contributed by atoms with E-state index in [4.69, 9.17) is 0 Å². The summed E-state index contributed by atoms with van der Waals surface area (Å²) in [5, 5.41) is 18.5. The Balaban J connectivity index is 1.81. The molecule has 3 rings (SSSR count). The number of benzene rings is 2. The molecule has 0 aliphatic carbocycles. The normalized spacial score (nSPS) is 19.5. The number of nitrogens with one attached hydrogen (secondary N) is 1. The first-order valence-electron chi connectivity index (χ1n) is 8.66. The smallest absolute Gasteiger partial charge is 0.318 e. The van der Waals surface area contributed by atoms with E-state index in [1.54, 1.807) is 42.5 Å². The average molecular weight is 378 g/mol. The van der Waals surface area contributed by atoms with E-state index in [-0.39, 0.29) is 5.69 Å². The lowest BCUT2D eigenvalue weighted by atomic mass is 9.87. The van der Waals surface area contributed by atoms with Gasteiger partial charge in [0.05, 0.1) is 10.5 Å². The zero-order valence-corrected chi connectivity index (χ0v) is 15.1. The van der Waals surface area contributed by atoms with E-state index in [1.807, 2.05) is 13.0 Å². The van der Waals surface area contributed by atoms with Gasteiger partial charge in [-0.15, -0.1) is 5.01 Å². The summed E-state index contributed by atoms with van der Waals surface area (Å²) < 4.78 is 0. The number of para-hydroxylation sites is 1. The molecule has 1 heterocycles. The van der Waals surface area contributed by atoms with Gasteiger partial charge in [0.2, 0.25) is 0 Å². The fourth-order valence-electron chi connectivity index (χ4n) is 3.08. The predicted octanol–water partition coefficient (Wildman–Crippen LogP) is 3.45. The van der Waals surface area contributed by atoms with Crippen molar-refractivity contribution in [2.75, 3.05) is 0 Å². The highest BCUT2D eigenvalue weighted by molar-refractivity contribution is 6.07. The average Bonchev–Trinajstić information content (AvgIpc) is 2.96. The van der Waals surface area contributed by atoms with E-state index < -0.39 is 22.4 Å². The number of nitro groups is 1. The van der Waals surface area contributed by atoms with Crippen LogP contribution in [0.2, 0.25) is 0 Å². The number of hydrogen-bond donors (Lipinski definition) is 1. The van der Waals surface area contributed by atoms with E-state index in [9.17, 15) is 19.7 Å². The Labute approximate surface area is 161 Å². The minimum Gasteiger partial charge on any atom is -0.318 e. The van der Waals surface area contributed by atoms with Crippen molar-refractivity contribution in [3.8, 4) is 0 Å². The van der Waals surface area contributed by atoms with Gasteiger partial charge in [-0.2, -0.15) is 5.10 Å². The van der Waals surface area contributed by atoms with E-state index in [0.717, 1.165) is 5.01 Å². The molecule has 28 heavy (non-hydrogen) atoms. The van der Waals surface area contributed by atoms with Gasteiger partial charge in [0.25, 0.3) is 11.6 Å². The highest BCUT2D eigenvalue weighted by Gasteiger charge is 2.51. The van der Waals surface area contributed by atoms with Crippen LogP contribution >= 0.6 is 0 Å². The second-order valence-corrected chi connectivity index (χ2v) is 6.11. The molecule has 1 saturated heterocycles. The van der Waals surface area contributed by atoms with Gasteiger partial charge in [-0.05, 0) is 30.2 Å². The Morgan fingerprint density at radius 3 is 2.50 bits per heavy atom. The lowest BCUT2D eigenvalue weighted by Crippen LogP contribution is -2.43. The van der Waals surface area contributed by atoms with Crippen LogP contribution in [0, 0.1) is 10.1 Å². The van der Waals surface area contributed by atoms with E-state index in [0.29, 0.717) is 17.5 Å². The predicted molar refractivity (Wildman–Crippen MR) is 104 cm³/mol. The molecule has 1 fully saturated rings. The van der Waals surface area contributed by atoms with Crippen LogP contribution in [0.4, 0.5) is 10.5 Å². The molecule has 8 nitrogen and oxygen atoms in total. The second kappa shape index (κ2) is 7.83. The van der Waals surface area contributed by atoms with Gasteiger partial charge in [-0.25, -0.2) is 4.79 Å². The zero-order chi connectivity index (χ0) is 20.1. The SMILES string of the molecule is CC[C@]1(c2ccccc2)NC(=O)N(/N=C\C=C\c2ccccc2[N+](=O)[O-])C1=O. The molecule has 0 unspecified atom stereocenters. The summed E-state index contributed by atoms with van der Waals surface area (Å²) in [6, 6.07) is 14.6. The maximum Gasteiger partial charge on any atom is 0.346 e. The van der Waals surface area contributed by atoms with Gasteiger partial charge < -0.3 is 5.32 Å². The van der Waals surface area contributed by atoms with Crippen LogP contribution in [0.25, 0.3) is 6.08 Å². The Morgan fingerprint density at radius 1 is 1.14 bits per heavy atom. The number of urea groups is 1. The number of rotatable bonds is 6. The highest BCUT2D eigenvalue weighted by atomic mass is 16.6. The lowest BCUT2D eigenvalue weighted by molar-refractivity contribution is -0.385. The summed E-state index contributed by atoms with van der Waals surface area (Å²) in [4.78, 5) is 35.7. The molecule has 0 saturated carbocycles. The molecule has 2 aromatic rings. The summed E-state index contributed by atoms with van der Waals surface area (Å²) in [6.45, 7) is 1.81. The third kappa shape index (κ3) is 3.39. The maximum atomic E-state index is 12.9. The molecule has 1 N–H and O–H groups in total. The molecule has 142 valence electrons. The number of nitrogens with zero attached hydrogens (tertiary/aromatic N) is 3. The molecule has 0 radical (unpaired) electrons. The van der Waals surface area contributed by atoms with E-state index in [2.05, 4.69) is 10.4 Å². The molecule has 1 aliphatic heterocycles. The van der Waals surface area contributed by atoms with Gasteiger partial charge in [-0.3, -0.25) is 14.9 Å². The number of allylic oxidation sites excluding steroid dienone is 1. The van der Waals surface area contributed by atoms with Crippen LogP contribution in [-0.2, 0) is 10.3 Å². The molecular formula is C20H18N4O4. The van der Waals surface area contributed by atoms with Crippen LogP contribution in [0.1, 0.15) is 24.5 Å². The number of hydrazone groups is 1. The summed E-state index contributed by atoms with van der Waals surface area (Å²) in [7, 11) is 0. The Kier molecular flexibility index (Phi) is 5.30. The van der Waals surface area contributed by atoms with Gasteiger partial charge >= 0.3 is 6.03 Å². The largest absolute Gasteiger partial charge is 0.346 e. The lowest BCUT2D eigenvalue weighted by Gasteiger charge is -2.24. The van der Waals surface area contributed by atoms with E-state index >= 15 is 0 Å². The Morgan fingerprint density at radius 2 is 1.82 bits per heavy atom. The highest BCUT2D eigenvalue weighted by Crippen LogP contribution is 2.32. The summed E-state index contributed by atoms with van der Waals surface area (Å²) in [5.74, 6) is -0.471. The van der Waals surface area contributed by atoms with Crippen molar-refractivity contribution < 1.29 is 14.5 Å². The Bertz CT molecular complexity index is 971. The van der Waals surface area contributed by atoms with E-state index in [1.165, 1.54) is 24.4 Å². The summed E-state index contributed by atoms with van der Waals surface area (Å²) in [6.07, 6.45) is 4.56. The van der Waals surface area contributed by atoms with Crippen molar-refractivity contribution in [2.24, 2.45) is 5.10 Å². The molecule has 8 heteroatoms. The van der Waals surface area contributed by atoms with Gasteiger partial charge in [0.1, 0.15) is 5.54 Å². The number of carbonyl (C=O) groups excluding carboxylic acids is 2. The molecule has 0 bridgehead atoms. The summed E-state index contributed by atoms with van der Waals surface area (Å²) >= 11 is 0. The minimum atomic E-state index is -1.16. The number of imide groups is 1. The molecule has 0 aromatic heterocycles. The Hall–Kier alpha value is -3.81. The minimum absolute atomic E-state index is 0.0452. The standard InChI is InChI=1S/C20H18N4O4/c1-2-20(16-11-4-3-5-12-16)18(25)23(19(26)22-20)21-14-8-10-15-9-6-7-13-17(15)24(27)28/h3-14H,2H2,1H3,(H,22,26)/b10-8+,21-14-/t20-/m1/s1. The molecule has 1 atom stereocenters. The quantitative estimate of drug-likeness (QED) is 0.360. The third-order valence-electron chi connectivity index (χ3n) is 4.54. The van der Waals surface area contributed by atoms with Gasteiger partial charge in [0.15, 0.2) is 0 Å².